The number of carbonyl (C=O) groups excluding carboxylic acids is 1. The number of amides is 1. The molecule has 24 heavy (non-hydrogen) atoms. The normalized spacial score (nSPS) is 24.2. The number of fused-ring (bicyclic) bond motifs is 1. The largest absolute Gasteiger partial charge is 0.416 e. The number of rotatable bonds is 2. The second-order valence-corrected chi connectivity index (χ2v) is 6.50. The number of benzene rings is 1. The summed E-state index contributed by atoms with van der Waals surface area (Å²) in [7, 11) is 0. The summed E-state index contributed by atoms with van der Waals surface area (Å²) < 4.78 is 38.4. The molecule has 7 heteroatoms. The summed E-state index contributed by atoms with van der Waals surface area (Å²) in [5.41, 5.74) is 0.878. The first-order chi connectivity index (χ1) is 11.4. The quantitative estimate of drug-likeness (QED) is 0.874. The summed E-state index contributed by atoms with van der Waals surface area (Å²) in [5, 5.41) is 9.58. The summed E-state index contributed by atoms with van der Waals surface area (Å²) in [4.78, 5) is 12.6. The van der Waals surface area contributed by atoms with Gasteiger partial charge in [0.15, 0.2) is 0 Å². The van der Waals surface area contributed by atoms with Gasteiger partial charge in [0.1, 0.15) is 5.82 Å². The van der Waals surface area contributed by atoms with Crippen molar-refractivity contribution in [1.29, 1.82) is 0 Å². The molecule has 1 amide bonds. The Bertz CT molecular complexity index is 762. The average molecular weight is 335 g/mol. The van der Waals surface area contributed by atoms with Gasteiger partial charge in [0.2, 0.25) is 5.91 Å². The molecule has 0 spiro atoms. The standard InChI is InChI=1S/C17H16F3N3O/c18-17(19,20)11-6-4-10(5-7-11)13-12-8-21-23-15(12)22-16(24)14(13)9-2-1-3-9/h4-9,13-14H,1-3H2,(H2,21,22,23,24). The molecule has 1 aliphatic heterocycles. The van der Waals surface area contributed by atoms with E-state index in [2.05, 4.69) is 15.5 Å². The van der Waals surface area contributed by atoms with Gasteiger partial charge in [-0.2, -0.15) is 18.3 Å². The highest BCUT2D eigenvalue weighted by atomic mass is 19.4. The maximum Gasteiger partial charge on any atom is 0.416 e. The third-order valence-electron chi connectivity index (χ3n) is 5.17. The van der Waals surface area contributed by atoms with Crippen LogP contribution >= 0.6 is 0 Å². The lowest BCUT2D eigenvalue weighted by atomic mass is 9.65. The third kappa shape index (κ3) is 2.39. The number of alkyl halides is 3. The number of nitrogens with one attached hydrogen (secondary N) is 2. The SMILES string of the molecule is O=C1Nc2[nH]ncc2C(c2ccc(C(F)(F)F)cc2)C1C1CCC1. The van der Waals surface area contributed by atoms with Crippen LogP contribution in [0.15, 0.2) is 30.5 Å². The average Bonchev–Trinajstić information content (AvgIpc) is 2.93. The van der Waals surface area contributed by atoms with Gasteiger partial charge in [0.05, 0.1) is 17.7 Å². The number of H-pyrrole nitrogens is 1. The van der Waals surface area contributed by atoms with E-state index in [-0.39, 0.29) is 23.7 Å². The van der Waals surface area contributed by atoms with Crippen molar-refractivity contribution in [3.8, 4) is 0 Å². The monoisotopic (exact) mass is 335 g/mol. The van der Waals surface area contributed by atoms with Gasteiger partial charge in [0, 0.05) is 11.5 Å². The van der Waals surface area contributed by atoms with Crippen molar-refractivity contribution in [2.45, 2.75) is 31.4 Å². The zero-order chi connectivity index (χ0) is 16.9. The molecule has 4 rings (SSSR count). The van der Waals surface area contributed by atoms with E-state index in [0.29, 0.717) is 5.82 Å². The van der Waals surface area contributed by atoms with Gasteiger partial charge in [-0.25, -0.2) is 0 Å². The van der Waals surface area contributed by atoms with E-state index < -0.39 is 11.7 Å². The van der Waals surface area contributed by atoms with Gasteiger partial charge >= 0.3 is 6.18 Å². The molecule has 1 aromatic carbocycles. The summed E-state index contributed by atoms with van der Waals surface area (Å²) in [6, 6.07) is 5.13. The van der Waals surface area contributed by atoms with Crippen molar-refractivity contribution < 1.29 is 18.0 Å². The minimum Gasteiger partial charge on any atom is -0.311 e. The molecule has 2 atom stereocenters. The lowest BCUT2D eigenvalue weighted by molar-refractivity contribution is -0.137. The fourth-order valence-corrected chi connectivity index (χ4v) is 3.73. The van der Waals surface area contributed by atoms with Gasteiger partial charge in [-0.15, -0.1) is 0 Å². The van der Waals surface area contributed by atoms with E-state index in [0.717, 1.165) is 42.5 Å². The molecule has 1 fully saturated rings. The molecule has 0 saturated heterocycles. The molecule has 2 aliphatic rings. The van der Waals surface area contributed by atoms with Crippen LogP contribution in [-0.2, 0) is 11.0 Å². The molecule has 2 aromatic rings. The molecular weight excluding hydrogens is 319 g/mol. The number of hydrogen-bond donors (Lipinski definition) is 2. The Morgan fingerprint density at radius 3 is 2.42 bits per heavy atom. The molecule has 0 bridgehead atoms. The van der Waals surface area contributed by atoms with E-state index >= 15 is 0 Å². The third-order valence-corrected chi connectivity index (χ3v) is 5.17. The van der Waals surface area contributed by atoms with Crippen LogP contribution in [0.25, 0.3) is 0 Å². The van der Waals surface area contributed by atoms with E-state index in [4.69, 9.17) is 0 Å². The van der Waals surface area contributed by atoms with Gasteiger partial charge in [-0.3, -0.25) is 9.89 Å². The minimum atomic E-state index is -4.36. The molecule has 4 nitrogen and oxygen atoms in total. The highest BCUT2D eigenvalue weighted by Gasteiger charge is 2.44. The van der Waals surface area contributed by atoms with E-state index in [1.54, 1.807) is 6.20 Å². The minimum absolute atomic E-state index is 0.0821. The number of aromatic amines is 1. The van der Waals surface area contributed by atoms with Crippen molar-refractivity contribution in [2.75, 3.05) is 5.32 Å². The first-order valence-corrected chi connectivity index (χ1v) is 7.96. The van der Waals surface area contributed by atoms with Crippen LogP contribution in [0.4, 0.5) is 19.0 Å². The van der Waals surface area contributed by atoms with Crippen molar-refractivity contribution >= 4 is 11.7 Å². The van der Waals surface area contributed by atoms with Crippen LogP contribution in [0.3, 0.4) is 0 Å². The lowest BCUT2D eigenvalue weighted by Crippen LogP contribution is -2.41. The molecule has 126 valence electrons. The van der Waals surface area contributed by atoms with Crippen molar-refractivity contribution in [2.24, 2.45) is 11.8 Å². The number of hydrogen-bond acceptors (Lipinski definition) is 2. The van der Waals surface area contributed by atoms with Crippen LogP contribution in [0, 0.1) is 11.8 Å². The molecule has 0 radical (unpaired) electrons. The van der Waals surface area contributed by atoms with Crippen LogP contribution in [-0.4, -0.2) is 16.1 Å². The summed E-state index contributed by atoms with van der Waals surface area (Å²) in [6.45, 7) is 0. The fraction of sp³-hybridized carbons (Fsp3) is 0.412. The van der Waals surface area contributed by atoms with Crippen molar-refractivity contribution in [3.05, 3.63) is 47.2 Å². The number of halogens is 3. The lowest BCUT2D eigenvalue weighted by Gasteiger charge is -2.40. The molecule has 1 aromatic heterocycles. The summed E-state index contributed by atoms with van der Waals surface area (Å²) in [6.07, 6.45) is 0.330. The van der Waals surface area contributed by atoms with Crippen LogP contribution < -0.4 is 5.32 Å². The van der Waals surface area contributed by atoms with Gasteiger partial charge in [-0.05, 0) is 36.5 Å². The predicted molar refractivity (Wildman–Crippen MR) is 81.3 cm³/mol. The first-order valence-electron chi connectivity index (χ1n) is 7.96. The van der Waals surface area contributed by atoms with Gasteiger partial charge in [-0.1, -0.05) is 18.6 Å². The molecule has 2 heterocycles. The Morgan fingerprint density at radius 2 is 1.83 bits per heavy atom. The fourth-order valence-electron chi connectivity index (χ4n) is 3.73. The van der Waals surface area contributed by atoms with Gasteiger partial charge < -0.3 is 5.32 Å². The topological polar surface area (TPSA) is 57.8 Å². The Balaban J connectivity index is 1.76. The molecule has 1 saturated carbocycles. The molecule has 2 N–H and O–H groups in total. The number of anilines is 1. The first kappa shape index (κ1) is 15.2. The Kier molecular flexibility index (Phi) is 3.40. The zero-order valence-electron chi connectivity index (χ0n) is 12.7. The van der Waals surface area contributed by atoms with Crippen LogP contribution in [0.2, 0.25) is 0 Å². The molecule has 2 unspecified atom stereocenters. The Morgan fingerprint density at radius 1 is 1.12 bits per heavy atom. The predicted octanol–water partition coefficient (Wildman–Crippen LogP) is 3.93. The number of carbonyl (C=O) groups is 1. The highest BCUT2D eigenvalue weighted by Crippen LogP contribution is 2.48. The number of aromatic nitrogens is 2. The Hall–Kier alpha value is -2.31. The maximum absolute atomic E-state index is 12.8. The van der Waals surface area contributed by atoms with Crippen LogP contribution in [0.5, 0.6) is 0 Å². The van der Waals surface area contributed by atoms with Gasteiger partial charge in [0.25, 0.3) is 0 Å². The summed E-state index contributed by atoms with van der Waals surface area (Å²) >= 11 is 0. The van der Waals surface area contributed by atoms with Crippen molar-refractivity contribution in [1.82, 2.24) is 10.2 Å². The second kappa shape index (κ2) is 5.36. The van der Waals surface area contributed by atoms with Crippen LogP contribution in [0.1, 0.15) is 41.9 Å². The zero-order valence-corrected chi connectivity index (χ0v) is 12.7. The number of nitrogens with zero attached hydrogens (tertiary/aromatic N) is 1. The van der Waals surface area contributed by atoms with E-state index in [9.17, 15) is 18.0 Å². The Labute approximate surface area is 136 Å². The smallest absolute Gasteiger partial charge is 0.311 e. The van der Waals surface area contributed by atoms with E-state index in [1.165, 1.54) is 12.1 Å². The maximum atomic E-state index is 12.8. The molecule has 1 aliphatic carbocycles. The highest BCUT2D eigenvalue weighted by molar-refractivity contribution is 5.96. The van der Waals surface area contributed by atoms with E-state index in [1.807, 2.05) is 0 Å². The molecular formula is C17H16F3N3O. The summed E-state index contributed by atoms with van der Waals surface area (Å²) in [5.74, 6) is 0.197. The second-order valence-electron chi connectivity index (χ2n) is 6.50. The van der Waals surface area contributed by atoms with Crippen molar-refractivity contribution in [3.63, 3.8) is 0 Å².